The Bertz CT molecular complexity index is 352. The molecule has 0 fully saturated rings. The zero-order valence-corrected chi connectivity index (χ0v) is 11.8. The highest BCUT2D eigenvalue weighted by Crippen LogP contribution is 2.29. The molecule has 0 heterocycles. The molecule has 0 aromatic heterocycles. The molecule has 0 aliphatic rings. The van der Waals surface area contributed by atoms with E-state index in [4.69, 9.17) is 0 Å². The van der Waals surface area contributed by atoms with E-state index in [1.165, 1.54) is 39.0 Å². The molecule has 0 N–H and O–H groups in total. The van der Waals surface area contributed by atoms with Gasteiger partial charge in [-0.15, -0.1) is 0 Å². The van der Waals surface area contributed by atoms with Gasteiger partial charge in [-0.1, -0.05) is 46.0 Å². The highest BCUT2D eigenvalue weighted by atomic mass is 19.4. The minimum atomic E-state index is -4.39. The molecule has 0 saturated carbocycles. The second-order valence-electron chi connectivity index (χ2n) is 4.52. The van der Waals surface area contributed by atoms with Gasteiger partial charge in [0.15, 0.2) is 0 Å². The zero-order chi connectivity index (χ0) is 14.9. The van der Waals surface area contributed by atoms with Crippen molar-refractivity contribution in [2.45, 2.75) is 59.1 Å². The van der Waals surface area contributed by atoms with E-state index in [2.05, 4.69) is 13.8 Å². The summed E-state index contributed by atoms with van der Waals surface area (Å²) < 4.78 is 48.5. The Hall–Kier alpha value is -1.06. The summed E-state index contributed by atoms with van der Waals surface area (Å²) in [5, 5.41) is 0. The van der Waals surface area contributed by atoms with E-state index in [-0.39, 0.29) is 5.56 Å². The first-order valence-electron chi connectivity index (χ1n) is 6.66. The van der Waals surface area contributed by atoms with Gasteiger partial charge >= 0.3 is 6.18 Å². The maximum Gasteiger partial charge on any atom is 0.416 e. The number of hydrogen-bond donors (Lipinski definition) is 0. The van der Waals surface area contributed by atoms with E-state index in [1.54, 1.807) is 0 Å². The summed E-state index contributed by atoms with van der Waals surface area (Å²) in [5.41, 5.74) is -0.814. The van der Waals surface area contributed by atoms with Crippen molar-refractivity contribution in [3.8, 4) is 0 Å². The van der Waals surface area contributed by atoms with Crippen LogP contribution in [0, 0.1) is 12.7 Å². The largest absolute Gasteiger partial charge is 0.416 e. The van der Waals surface area contributed by atoms with Crippen LogP contribution in [0.3, 0.4) is 0 Å². The third-order valence-corrected chi connectivity index (χ3v) is 2.69. The van der Waals surface area contributed by atoms with Crippen molar-refractivity contribution in [2.75, 3.05) is 0 Å². The van der Waals surface area contributed by atoms with Crippen LogP contribution < -0.4 is 0 Å². The summed E-state index contributed by atoms with van der Waals surface area (Å²) in [6.45, 7) is 5.79. The molecule has 0 saturated heterocycles. The molecule has 1 aromatic rings. The van der Waals surface area contributed by atoms with Gasteiger partial charge in [0, 0.05) is 0 Å². The third kappa shape index (κ3) is 7.85. The summed E-state index contributed by atoms with van der Waals surface area (Å²) in [5.74, 6) is -0.622. The molecule has 0 aliphatic carbocycles. The number of benzene rings is 1. The monoisotopic (exact) mass is 278 g/mol. The highest BCUT2D eigenvalue weighted by molar-refractivity contribution is 5.25. The second-order valence-corrected chi connectivity index (χ2v) is 4.52. The number of rotatable bonds is 4. The Morgan fingerprint density at radius 3 is 1.84 bits per heavy atom. The number of aryl methyl sites for hydroxylation is 1. The molecular weight excluding hydrogens is 256 g/mol. The van der Waals surface area contributed by atoms with Crippen LogP contribution in [-0.2, 0) is 6.18 Å². The molecule has 0 amide bonds. The Morgan fingerprint density at radius 2 is 1.47 bits per heavy atom. The van der Waals surface area contributed by atoms with Crippen molar-refractivity contribution in [1.82, 2.24) is 0 Å². The molecule has 4 heteroatoms. The summed E-state index contributed by atoms with van der Waals surface area (Å²) in [6, 6.07) is 2.33. The van der Waals surface area contributed by atoms with E-state index < -0.39 is 17.6 Å². The van der Waals surface area contributed by atoms with Crippen molar-refractivity contribution in [3.05, 3.63) is 35.1 Å². The Kier molecular flexibility index (Phi) is 8.44. The molecule has 0 nitrogen and oxygen atoms in total. The molecule has 110 valence electrons. The summed E-state index contributed by atoms with van der Waals surface area (Å²) in [4.78, 5) is 0. The minimum Gasteiger partial charge on any atom is -0.207 e. The lowest BCUT2D eigenvalue weighted by atomic mass is 10.1. The smallest absolute Gasteiger partial charge is 0.207 e. The third-order valence-electron chi connectivity index (χ3n) is 2.69. The number of halogens is 4. The van der Waals surface area contributed by atoms with E-state index in [0.717, 1.165) is 18.2 Å². The van der Waals surface area contributed by atoms with Crippen LogP contribution in [0.1, 0.15) is 57.1 Å². The quantitative estimate of drug-likeness (QED) is 0.459. The maximum atomic E-state index is 12.5. The summed E-state index contributed by atoms with van der Waals surface area (Å²) >= 11 is 0. The maximum absolute atomic E-state index is 12.5. The SMILES string of the molecule is CCCCCCC.Cc1cc(C(F)(F)F)ccc1F. The topological polar surface area (TPSA) is 0 Å². The van der Waals surface area contributed by atoms with Crippen molar-refractivity contribution in [2.24, 2.45) is 0 Å². The van der Waals surface area contributed by atoms with Crippen LogP contribution >= 0.6 is 0 Å². The fourth-order valence-corrected chi connectivity index (χ4v) is 1.50. The van der Waals surface area contributed by atoms with E-state index in [0.29, 0.717) is 0 Å². The normalized spacial score (nSPS) is 10.9. The van der Waals surface area contributed by atoms with Crippen molar-refractivity contribution in [3.63, 3.8) is 0 Å². The number of hydrogen-bond acceptors (Lipinski definition) is 0. The fraction of sp³-hybridized carbons (Fsp3) is 0.600. The molecule has 0 atom stereocenters. The van der Waals surface area contributed by atoms with E-state index in [1.807, 2.05) is 0 Å². The first-order chi connectivity index (χ1) is 8.82. The molecule has 0 radical (unpaired) electrons. The van der Waals surface area contributed by atoms with Crippen LogP contribution in [0.15, 0.2) is 18.2 Å². The van der Waals surface area contributed by atoms with E-state index >= 15 is 0 Å². The minimum absolute atomic E-state index is 0.00447. The Labute approximate surface area is 112 Å². The Balaban J connectivity index is 0.000000399. The molecule has 0 bridgehead atoms. The van der Waals surface area contributed by atoms with Gasteiger partial charge in [0.05, 0.1) is 5.56 Å². The van der Waals surface area contributed by atoms with Crippen LogP contribution in [-0.4, -0.2) is 0 Å². The van der Waals surface area contributed by atoms with Gasteiger partial charge in [0.25, 0.3) is 0 Å². The van der Waals surface area contributed by atoms with Crippen LogP contribution in [0.5, 0.6) is 0 Å². The summed E-state index contributed by atoms with van der Waals surface area (Å²) in [6.07, 6.45) is 2.62. The van der Waals surface area contributed by atoms with Crippen LogP contribution in [0.4, 0.5) is 17.6 Å². The van der Waals surface area contributed by atoms with Gasteiger partial charge in [-0.3, -0.25) is 0 Å². The van der Waals surface area contributed by atoms with Gasteiger partial charge < -0.3 is 0 Å². The molecule has 0 unspecified atom stereocenters. The lowest BCUT2D eigenvalue weighted by molar-refractivity contribution is -0.137. The number of alkyl halides is 3. The molecular formula is C15H22F4. The average Bonchev–Trinajstić information content (AvgIpc) is 2.33. The van der Waals surface area contributed by atoms with Gasteiger partial charge in [-0.05, 0) is 30.7 Å². The first kappa shape index (κ1) is 17.9. The van der Waals surface area contributed by atoms with E-state index in [9.17, 15) is 17.6 Å². The molecule has 19 heavy (non-hydrogen) atoms. The standard InChI is InChI=1S/C8H6F4.C7H16/c1-5-4-6(8(10,11)12)2-3-7(5)9;1-3-5-7-6-4-2/h2-4H,1H3;3-7H2,1-2H3. The lowest BCUT2D eigenvalue weighted by Gasteiger charge is -2.06. The van der Waals surface area contributed by atoms with Gasteiger partial charge in [0.1, 0.15) is 5.82 Å². The van der Waals surface area contributed by atoms with Crippen molar-refractivity contribution in [1.29, 1.82) is 0 Å². The zero-order valence-electron chi connectivity index (χ0n) is 11.8. The second kappa shape index (κ2) is 8.94. The highest BCUT2D eigenvalue weighted by Gasteiger charge is 2.30. The van der Waals surface area contributed by atoms with Crippen molar-refractivity contribution >= 4 is 0 Å². The van der Waals surface area contributed by atoms with Gasteiger partial charge in [0.2, 0.25) is 0 Å². The predicted molar refractivity (Wildman–Crippen MR) is 70.6 cm³/mol. The fourth-order valence-electron chi connectivity index (χ4n) is 1.50. The first-order valence-corrected chi connectivity index (χ1v) is 6.66. The number of unbranched alkanes of at least 4 members (excludes halogenated alkanes) is 4. The van der Waals surface area contributed by atoms with Crippen molar-refractivity contribution < 1.29 is 17.6 Å². The Morgan fingerprint density at radius 1 is 0.947 bits per heavy atom. The molecule has 1 aromatic carbocycles. The molecule has 0 aliphatic heterocycles. The predicted octanol–water partition coefficient (Wildman–Crippen LogP) is 6.13. The molecule has 1 rings (SSSR count). The summed E-state index contributed by atoms with van der Waals surface area (Å²) in [7, 11) is 0. The average molecular weight is 278 g/mol. The van der Waals surface area contributed by atoms with Crippen LogP contribution in [0.25, 0.3) is 0 Å². The van der Waals surface area contributed by atoms with Gasteiger partial charge in [-0.2, -0.15) is 13.2 Å². The lowest BCUT2D eigenvalue weighted by Crippen LogP contribution is -2.05. The molecule has 0 spiro atoms. The van der Waals surface area contributed by atoms with Gasteiger partial charge in [-0.25, -0.2) is 4.39 Å². The van der Waals surface area contributed by atoms with Crippen LogP contribution in [0.2, 0.25) is 0 Å².